The summed E-state index contributed by atoms with van der Waals surface area (Å²) in [6.07, 6.45) is -0.756. The Kier molecular flexibility index (Phi) is 7.09. The molecule has 0 aliphatic carbocycles. The van der Waals surface area contributed by atoms with E-state index in [0.717, 1.165) is 19.5 Å². The number of nitrogens with two attached hydrogens (primary N) is 1. The van der Waals surface area contributed by atoms with E-state index in [2.05, 4.69) is 22.3 Å². The highest BCUT2D eigenvalue weighted by molar-refractivity contribution is 7.89. The number of hydrogen-bond donors (Lipinski definition) is 3. The molecule has 0 radical (unpaired) electrons. The lowest BCUT2D eigenvalue weighted by Crippen LogP contribution is -2.44. The minimum absolute atomic E-state index is 0.00943. The number of ether oxygens (including phenoxy) is 1. The number of carbonyl (C=O) groups excluding carboxylic acids is 1. The third-order valence-corrected chi connectivity index (χ3v) is 5.97. The van der Waals surface area contributed by atoms with Crippen LogP contribution in [0, 0.1) is 0 Å². The smallest absolute Gasteiger partial charge is 0.260 e. The van der Waals surface area contributed by atoms with Crippen LogP contribution in [0.3, 0.4) is 0 Å². The molecule has 0 bridgehead atoms. The van der Waals surface area contributed by atoms with Crippen LogP contribution in [0.25, 0.3) is 0 Å². The van der Waals surface area contributed by atoms with Gasteiger partial charge < -0.3 is 15.2 Å². The van der Waals surface area contributed by atoms with Crippen LogP contribution in [0.4, 0.5) is 0 Å². The quantitative estimate of drug-likeness (QED) is 0.562. The molecule has 9 heteroatoms. The van der Waals surface area contributed by atoms with Crippen molar-refractivity contribution >= 4 is 15.9 Å². The second kappa shape index (κ2) is 9.57. The summed E-state index contributed by atoms with van der Waals surface area (Å²) in [6, 6.07) is 14.1. The minimum Gasteiger partial charge on any atom is -0.479 e. The van der Waals surface area contributed by atoms with Crippen LogP contribution >= 0.6 is 0 Å². The number of primary sulfonamides is 1. The number of β-amino-alcohol motifs (C(OH)–C–C–N with tert-alkyl or cyclic N) is 1. The molecule has 2 atom stereocenters. The fraction of sp³-hybridized carbons (Fsp3) is 0.381. The third-order valence-electron chi connectivity index (χ3n) is 5.02. The lowest BCUT2D eigenvalue weighted by Gasteiger charge is -2.30. The highest BCUT2D eigenvalue weighted by Crippen LogP contribution is 2.23. The SMILES string of the molecule is CC(Oc1ccccc1S(N)(=O)=O)C(=O)NCC(O)CN1CCc2ccccc2C1. The van der Waals surface area contributed by atoms with Crippen molar-refractivity contribution in [2.24, 2.45) is 5.14 Å². The Hall–Kier alpha value is -2.46. The second-order valence-electron chi connectivity index (χ2n) is 7.40. The average Bonchev–Trinajstić information content (AvgIpc) is 2.71. The number of aliphatic hydroxyl groups excluding tert-OH is 1. The Morgan fingerprint density at radius 1 is 1.20 bits per heavy atom. The Balaban J connectivity index is 1.49. The van der Waals surface area contributed by atoms with E-state index in [1.54, 1.807) is 6.07 Å². The van der Waals surface area contributed by atoms with Crippen molar-refractivity contribution < 1.29 is 23.1 Å². The summed E-state index contributed by atoms with van der Waals surface area (Å²) in [7, 11) is -3.97. The molecular formula is C21H27N3O5S. The van der Waals surface area contributed by atoms with E-state index in [1.807, 2.05) is 12.1 Å². The standard InChI is InChI=1S/C21H27N3O5S/c1-15(29-19-8-4-5-9-20(19)30(22,27)28)21(26)23-12-18(25)14-24-11-10-16-6-2-3-7-17(16)13-24/h2-9,15,18,25H,10-14H2,1H3,(H,23,26)(H2,22,27,28). The molecule has 2 unspecified atom stereocenters. The van der Waals surface area contributed by atoms with Crippen LogP contribution < -0.4 is 15.2 Å². The molecular weight excluding hydrogens is 406 g/mol. The maximum absolute atomic E-state index is 12.3. The molecule has 0 saturated heterocycles. The van der Waals surface area contributed by atoms with Gasteiger partial charge in [-0.2, -0.15) is 0 Å². The maximum atomic E-state index is 12.3. The van der Waals surface area contributed by atoms with E-state index >= 15 is 0 Å². The monoisotopic (exact) mass is 433 g/mol. The van der Waals surface area contributed by atoms with E-state index in [-0.39, 0.29) is 17.2 Å². The number of sulfonamides is 1. The lowest BCUT2D eigenvalue weighted by atomic mass is 10.00. The van der Waals surface area contributed by atoms with E-state index in [4.69, 9.17) is 9.88 Å². The van der Waals surface area contributed by atoms with E-state index in [1.165, 1.54) is 36.2 Å². The molecule has 30 heavy (non-hydrogen) atoms. The van der Waals surface area contributed by atoms with Gasteiger partial charge in [-0.25, -0.2) is 13.6 Å². The highest BCUT2D eigenvalue weighted by Gasteiger charge is 2.22. The first kappa shape index (κ1) is 22.2. The summed E-state index contributed by atoms with van der Waals surface area (Å²) >= 11 is 0. The maximum Gasteiger partial charge on any atom is 0.260 e. The van der Waals surface area contributed by atoms with Gasteiger partial charge in [-0.1, -0.05) is 36.4 Å². The van der Waals surface area contributed by atoms with Crippen LogP contribution in [0.5, 0.6) is 5.75 Å². The van der Waals surface area contributed by atoms with Gasteiger partial charge in [0, 0.05) is 26.2 Å². The lowest BCUT2D eigenvalue weighted by molar-refractivity contribution is -0.127. The Labute approximate surface area is 176 Å². The molecule has 0 fully saturated rings. The normalized spacial score (nSPS) is 16.4. The number of hydrogen-bond acceptors (Lipinski definition) is 6. The van der Waals surface area contributed by atoms with E-state index in [9.17, 15) is 18.3 Å². The molecule has 3 rings (SSSR count). The van der Waals surface area contributed by atoms with E-state index in [0.29, 0.717) is 6.54 Å². The first-order valence-corrected chi connectivity index (χ1v) is 11.3. The van der Waals surface area contributed by atoms with Crippen molar-refractivity contribution in [1.82, 2.24) is 10.2 Å². The minimum atomic E-state index is -3.97. The Bertz CT molecular complexity index is 996. The molecule has 0 aromatic heterocycles. The van der Waals surface area contributed by atoms with Gasteiger partial charge in [0.05, 0.1) is 6.10 Å². The van der Waals surface area contributed by atoms with Crippen molar-refractivity contribution in [1.29, 1.82) is 0 Å². The number of carbonyl (C=O) groups is 1. The van der Waals surface area contributed by atoms with Crippen molar-refractivity contribution in [2.75, 3.05) is 19.6 Å². The summed E-state index contributed by atoms with van der Waals surface area (Å²) in [5.74, 6) is -0.447. The molecule has 2 aromatic carbocycles. The summed E-state index contributed by atoms with van der Waals surface area (Å²) in [6.45, 7) is 3.64. The molecule has 8 nitrogen and oxygen atoms in total. The van der Waals surface area contributed by atoms with Gasteiger partial charge in [-0.3, -0.25) is 9.69 Å². The average molecular weight is 434 g/mol. The fourth-order valence-corrected chi connectivity index (χ4v) is 4.13. The molecule has 162 valence electrons. The van der Waals surface area contributed by atoms with Gasteiger partial charge in [0.2, 0.25) is 10.0 Å². The number of para-hydroxylation sites is 1. The zero-order valence-corrected chi connectivity index (χ0v) is 17.6. The number of rotatable bonds is 8. The molecule has 1 amide bonds. The number of nitrogens with zero attached hydrogens (tertiary/aromatic N) is 1. The first-order valence-electron chi connectivity index (χ1n) is 9.77. The summed E-state index contributed by atoms with van der Waals surface area (Å²) in [4.78, 5) is 14.3. The largest absolute Gasteiger partial charge is 0.479 e. The molecule has 2 aromatic rings. The molecule has 0 saturated carbocycles. The summed E-state index contributed by atoms with van der Waals surface area (Å²) in [5, 5.41) is 18.2. The molecule has 0 spiro atoms. The number of amides is 1. The molecule has 1 aliphatic heterocycles. The molecule has 1 heterocycles. The van der Waals surface area contributed by atoms with Crippen LogP contribution in [0.2, 0.25) is 0 Å². The highest BCUT2D eigenvalue weighted by atomic mass is 32.2. The van der Waals surface area contributed by atoms with Gasteiger partial charge in [0.25, 0.3) is 5.91 Å². The number of benzene rings is 2. The van der Waals surface area contributed by atoms with Crippen molar-refractivity contribution in [3.05, 3.63) is 59.7 Å². The Morgan fingerprint density at radius 2 is 1.87 bits per heavy atom. The number of nitrogens with one attached hydrogen (secondary N) is 1. The fourth-order valence-electron chi connectivity index (χ4n) is 3.46. The first-order chi connectivity index (χ1) is 14.2. The third kappa shape index (κ3) is 5.79. The van der Waals surface area contributed by atoms with Gasteiger partial charge >= 0.3 is 0 Å². The predicted molar refractivity (Wildman–Crippen MR) is 112 cm³/mol. The molecule has 1 aliphatic rings. The zero-order chi connectivity index (χ0) is 21.7. The summed E-state index contributed by atoms with van der Waals surface area (Å²) in [5.41, 5.74) is 2.60. The number of fused-ring (bicyclic) bond motifs is 1. The Morgan fingerprint density at radius 3 is 2.60 bits per heavy atom. The van der Waals surface area contributed by atoms with Crippen LogP contribution in [-0.4, -0.2) is 56.2 Å². The van der Waals surface area contributed by atoms with Gasteiger partial charge in [0.15, 0.2) is 6.10 Å². The van der Waals surface area contributed by atoms with Crippen LogP contribution in [-0.2, 0) is 27.8 Å². The van der Waals surface area contributed by atoms with Gasteiger partial charge in [0.1, 0.15) is 10.6 Å². The molecule has 4 N–H and O–H groups in total. The van der Waals surface area contributed by atoms with Gasteiger partial charge in [-0.05, 0) is 36.6 Å². The zero-order valence-electron chi connectivity index (χ0n) is 16.8. The second-order valence-corrected chi connectivity index (χ2v) is 8.93. The van der Waals surface area contributed by atoms with Crippen LogP contribution in [0.1, 0.15) is 18.1 Å². The topological polar surface area (TPSA) is 122 Å². The predicted octanol–water partition coefficient (Wildman–Crippen LogP) is 0.637. The van der Waals surface area contributed by atoms with Crippen LogP contribution in [0.15, 0.2) is 53.4 Å². The van der Waals surface area contributed by atoms with Crippen molar-refractivity contribution in [3.8, 4) is 5.75 Å². The summed E-state index contributed by atoms with van der Waals surface area (Å²) < 4.78 is 28.8. The van der Waals surface area contributed by atoms with Gasteiger partial charge in [-0.15, -0.1) is 0 Å². The van der Waals surface area contributed by atoms with Crippen molar-refractivity contribution in [3.63, 3.8) is 0 Å². The number of aliphatic hydroxyl groups is 1. The van der Waals surface area contributed by atoms with E-state index < -0.39 is 28.1 Å². The van der Waals surface area contributed by atoms with Crippen molar-refractivity contribution in [2.45, 2.75) is 37.0 Å².